The average Bonchev–Trinajstić information content (AvgIpc) is 2.47. The average molecular weight is 346 g/mol. The number of aliphatic carboxylic acids is 1. The van der Waals surface area contributed by atoms with Crippen molar-refractivity contribution in [3.63, 3.8) is 0 Å². The van der Waals surface area contributed by atoms with E-state index in [0.29, 0.717) is 19.6 Å². The largest absolute Gasteiger partial charge is 0.493 e. The van der Waals surface area contributed by atoms with Crippen LogP contribution in [0.1, 0.15) is 38.7 Å². The minimum atomic E-state index is -4.53. The molecule has 0 spiro atoms. The van der Waals surface area contributed by atoms with E-state index < -0.39 is 16.1 Å². The second kappa shape index (κ2) is 8.73. The summed E-state index contributed by atoms with van der Waals surface area (Å²) in [4.78, 5) is 10.4. The van der Waals surface area contributed by atoms with Gasteiger partial charge in [0.05, 0.1) is 13.2 Å². The molecule has 0 bridgehead atoms. The third-order valence-electron chi connectivity index (χ3n) is 2.94. The van der Waals surface area contributed by atoms with Gasteiger partial charge < -0.3 is 14.6 Å². The van der Waals surface area contributed by atoms with Gasteiger partial charge in [0, 0.05) is 24.1 Å². The zero-order valence-corrected chi connectivity index (χ0v) is 14.1. The smallest absolute Gasteiger partial charge is 0.303 e. The first-order valence-electron chi connectivity index (χ1n) is 7.41. The molecule has 0 saturated carbocycles. The van der Waals surface area contributed by atoms with Gasteiger partial charge in [0.1, 0.15) is 16.4 Å². The Morgan fingerprint density at radius 3 is 2.26 bits per heavy atom. The lowest BCUT2D eigenvalue weighted by atomic mass is 10.1. The van der Waals surface area contributed by atoms with E-state index >= 15 is 0 Å². The van der Waals surface area contributed by atoms with Gasteiger partial charge in [0.2, 0.25) is 0 Å². The zero-order valence-electron chi connectivity index (χ0n) is 13.2. The van der Waals surface area contributed by atoms with Crippen molar-refractivity contribution < 1.29 is 32.3 Å². The summed E-state index contributed by atoms with van der Waals surface area (Å²) in [7, 11) is -4.53. The van der Waals surface area contributed by atoms with Crippen molar-refractivity contribution in [3.05, 3.63) is 17.7 Å². The molecule has 0 unspecified atom stereocenters. The number of carboxylic acids is 1. The Hall–Kier alpha value is -1.80. The maximum Gasteiger partial charge on any atom is 0.303 e. The Morgan fingerprint density at radius 2 is 1.74 bits per heavy atom. The summed E-state index contributed by atoms with van der Waals surface area (Å²) in [5, 5.41) is 8.83. The maximum atomic E-state index is 11.6. The van der Waals surface area contributed by atoms with Crippen LogP contribution in [0.2, 0.25) is 0 Å². The predicted molar refractivity (Wildman–Crippen MR) is 83.8 cm³/mol. The monoisotopic (exact) mass is 346 g/mol. The van der Waals surface area contributed by atoms with E-state index in [1.165, 1.54) is 12.1 Å². The molecule has 2 N–H and O–H groups in total. The lowest BCUT2D eigenvalue weighted by molar-refractivity contribution is -0.136. The van der Waals surface area contributed by atoms with E-state index in [1.807, 2.05) is 13.8 Å². The molecular weight excluding hydrogens is 324 g/mol. The number of carbonyl (C=O) groups is 1. The van der Waals surface area contributed by atoms with Crippen molar-refractivity contribution in [2.24, 2.45) is 0 Å². The fourth-order valence-electron chi connectivity index (χ4n) is 1.95. The van der Waals surface area contributed by atoms with E-state index in [1.54, 1.807) is 0 Å². The zero-order chi connectivity index (χ0) is 17.5. The van der Waals surface area contributed by atoms with Gasteiger partial charge in [0.15, 0.2) is 0 Å². The van der Waals surface area contributed by atoms with Gasteiger partial charge >= 0.3 is 5.97 Å². The van der Waals surface area contributed by atoms with E-state index in [-0.39, 0.29) is 34.8 Å². The number of benzene rings is 1. The van der Waals surface area contributed by atoms with Gasteiger partial charge in [-0.2, -0.15) is 8.42 Å². The molecule has 23 heavy (non-hydrogen) atoms. The Balaban J connectivity index is 3.36. The van der Waals surface area contributed by atoms with Gasteiger partial charge in [-0.05, 0) is 19.3 Å². The number of ether oxygens (including phenoxy) is 2. The fourth-order valence-corrected chi connectivity index (χ4v) is 2.73. The molecule has 7 nitrogen and oxygen atoms in total. The third-order valence-corrected chi connectivity index (χ3v) is 3.86. The Bertz CT molecular complexity index is 637. The van der Waals surface area contributed by atoms with E-state index in [9.17, 15) is 17.8 Å². The molecule has 1 aromatic carbocycles. The van der Waals surface area contributed by atoms with Crippen LogP contribution in [0, 0.1) is 0 Å². The minimum absolute atomic E-state index is 0.0719. The van der Waals surface area contributed by atoms with Gasteiger partial charge in [-0.15, -0.1) is 0 Å². The molecule has 8 heteroatoms. The summed E-state index contributed by atoms with van der Waals surface area (Å²) in [6.07, 6.45) is 1.07. The molecule has 0 aliphatic heterocycles. The molecule has 0 aliphatic rings. The molecule has 1 aromatic rings. The minimum Gasteiger partial charge on any atom is -0.493 e. The molecule has 0 aromatic heterocycles. The molecule has 0 atom stereocenters. The predicted octanol–water partition coefficient (Wildman–Crippen LogP) is 2.53. The Morgan fingerprint density at radius 1 is 1.13 bits per heavy atom. The van der Waals surface area contributed by atoms with E-state index in [4.69, 9.17) is 14.6 Å². The topological polar surface area (TPSA) is 110 Å². The van der Waals surface area contributed by atoms with Gasteiger partial charge in [0.25, 0.3) is 10.1 Å². The summed E-state index contributed by atoms with van der Waals surface area (Å²) in [5.74, 6) is -0.599. The quantitative estimate of drug-likeness (QED) is 0.626. The Kier molecular flexibility index (Phi) is 7.31. The fraction of sp³-hybridized carbons (Fsp3) is 0.533. The molecule has 130 valence electrons. The second-order valence-electron chi connectivity index (χ2n) is 4.96. The van der Waals surface area contributed by atoms with Crippen molar-refractivity contribution in [2.75, 3.05) is 13.2 Å². The van der Waals surface area contributed by atoms with Gasteiger partial charge in [-0.1, -0.05) is 13.8 Å². The third kappa shape index (κ3) is 6.07. The highest BCUT2D eigenvalue weighted by Crippen LogP contribution is 2.33. The summed E-state index contributed by atoms with van der Waals surface area (Å²) in [6, 6.07) is 2.72. The van der Waals surface area contributed by atoms with Crippen molar-refractivity contribution in [2.45, 2.75) is 44.4 Å². The molecule has 0 radical (unpaired) electrons. The maximum absolute atomic E-state index is 11.6. The highest BCUT2D eigenvalue weighted by Gasteiger charge is 2.22. The van der Waals surface area contributed by atoms with Crippen LogP contribution >= 0.6 is 0 Å². The summed E-state index contributed by atoms with van der Waals surface area (Å²) >= 11 is 0. The van der Waals surface area contributed by atoms with Crippen LogP contribution in [0.4, 0.5) is 0 Å². The molecule has 1 rings (SSSR count). The lowest BCUT2D eigenvalue weighted by Gasteiger charge is -2.16. The van der Waals surface area contributed by atoms with Crippen molar-refractivity contribution >= 4 is 16.1 Å². The standard InChI is InChI=1S/C15H22O7S/c1-3-7-21-11-9-13(22-8-4-2)12(5-6-15(16)17)14(10-11)23(18,19)20/h9-10H,3-8H2,1-2H3,(H,16,17)(H,18,19,20). The van der Waals surface area contributed by atoms with Crippen LogP contribution in [0.3, 0.4) is 0 Å². The van der Waals surface area contributed by atoms with Crippen LogP contribution in [0.5, 0.6) is 11.5 Å². The molecule has 0 heterocycles. The first-order chi connectivity index (χ1) is 10.8. The van der Waals surface area contributed by atoms with Crippen LogP contribution in [0.25, 0.3) is 0 Å². The van der Waals surface area contributed by atoms with Crippen LogP contribution in [-0.4, -0.2) is 37.3 Å². The number of hydrogen-bond donors (Lipinski definition) is 2. The molecule has 0 amide bonds. The molecular formula is C15H22O7S. The summed E-state index contributed by atoms with van der Waals surface area (Å²) in [6.45, 7) is 4.51. The van der Waals surface area contributed by atoms with Crippen LogP contribution in [0.15, 0.2) is 17.0 Å². The normalized spacial score (nSPS) is 11.3. The SMILES string of the molecule is CCCOc1cc(OCCC)c(CCC(=O)O)c(S(=O)(=O)O)c1. The number of hydrogen-bond acceptors (Lipinski definition) is 5. The molecule has 0 fully saturated rings. The molecule has 0 aliphatic carbocycles. The van der Waals surface area contributed by atoms with Gasteiger partial charge in [-0.3, -0.25) is 9.35 Å². The molecule has 0 saturated heterocycles. The number of carboxylic acid groups (broad SMARTS) is 1. The first-order valence-corrected chi connectivity index (χ1v) is 8.85. The Labute approximate surface area is 136 Å². The van der Waals surface area contributed by atoms with Gasteiger partial charge in [-0.25, -0.2) is 0 Å². The highest BCUT2D eigenvalue weighted by molar-refractivity contribution is 7.85. The lowest BCUT2D eigenvalue weighted by Crippen LogP contribution is -2.10. The number of rotatable bonds is 10. The van der Waals surface area contributed by atoms with E-state index in [2.05, 4.69) is 0 Å². The van der Waals surface area contributed by atoms with E-state index in [0.717, 1.165) is 6.42 Å². The first kappa shape index (κ1) is 19.2. The van der Waals surface area contributed by atoms with Crippen molar-refractivity contribution in [1.29, 1.82) is 0 Å². The summed E-state index contributed by atoms with van der Waals surface area (Å²) < 4.78 is 43.7. The van der Waals surface area contributed by atoms with Crippen molar-refractivity contribution in [3.8, 4) is 11.5 Å². The summed E-state index contributed by atoms with van der Waals surface area (Å²) in [5.41, 5.74) is 0.146. The van der Waals surface area contributed by atoms with Crippen molar-refractivity contribution in [1.82, 2.24) is 0 Å². The second-order valence-corrected chi connectivity index (χ2v) is 6.35. The van der Waals surface area contributed by atoms with Crippen LogP contribution < -0.4 is 9.47 Å². The van der Waals surface area contributed by atoms with Crippen LogP contribution in [-0.2, 0) is 21.3 Å². The highest BCUT2D eigenvalue weighted by atomic mass is 32.2.